The first-order valence-electron chi connectivity index (χ1n) is 10.9. The molecule has 0 unspecified atom stereocenters. The molecule has 0 aliphatic rings. The highest BCUT2D eigenvalue weighted by atomic mass is 32.1. The van der Waals surface area contributed by atoms with Gasteiger partial charge < -0.3 is 31.6 Å². The number of benzene rings is 2. The SMILES string of the molecule is CCOC(=O)c1c(N)sc2c(OCCN(CC)CC)c(-c3cc(N)cc(CN)c3)ccc12. The molecular weight excluding hydrogens is 424 g/mol. The maximum atomic E-state index is 12.5. The lowest BCUT2D eigenvalue weighted by Gasteiger charge is -2.19. The fourth-order valence-electron chi connectivity index (χ4n) is 3.75. The van der Waals surface area contributed by atoms with Crippen LogP contribution < -0.4 is 21.9 Å². The lowest BCUT2D eigenvalue weighted by molar-refractivity contribution is 0.0530. The fraction of sp³-hybridized carbons (Fsp3) is 0.375. The van der Waals surface area contributed by atoms with Crippen molar-refractivity contribution in [2.24, 2.45) is 5.73 Å². The van der Waals surface area contributed by atoms with E-state index in [4.69, 9.17) is 26.7 Å². The number of hydrogen-bond donors (Lipinski definition) is 3. The molecule has 6 N–H and O–H groups in total. The van der Waals surface area contributed by atoms with Gasteiger partial charge in [-0.05, 0) is 55.4 Å². The number of carbonyl (C=O) groups is 1. The van der Waals surface area contributed by atoms with E-state index in [0.29, 0.717) is 35.2 Å². The summed E-state index contributed by atoms with van der Waals surface area (Å²) in [6, 6.07) is 9.62. The van der Waals surface area contributed by atoms with Crippen LogP contribution in [0.5, 0.6) is 5.75 Å². The summed E-state index contributed by atoms with van der Waals surface area (Å²) >= 11 is 1.34. The van der Waals surface area contributed by atoms with E-state index < -0.39 is 5.97 Å². The molecule has 0 fully saturated rings. The zero-order valence-corrected chi connectivity index (χ0v) is 19.8. The summed E-state index contributed by atoms with van der Waals surface area (Å²) in [5, 5.41) is 1.15. The third-order valence-corrected chi connectivity index (χ3v) is 6.46. The van der Waals surface area contributed by atoms with Crippen LogP contribution in [0.15, 0.2) is 30.3 Å². The zero-order chi connectivity index (χ0) is 23.3. The number of fused-ring (bicyclic) bond motifs is 1. The largest absolute Gasteiger partial charge is 0.490 e. The molecule has 3 aromatic rings. The predicted octanol–water partition coefficient (Wildman–Crippen LogP) is 4.09. The number of esters is 1. The number of nitrogens with zero attached hydrogens (tertiary/aromatic N) is 1. The maximum Gasteiger partial charge on any atom is 0.341 e. The minimum atomic E-state index is -0.424. The van der Waals surface area contributed by atoms with E-state index in [9.17, 15) is 4.79 Å². The van der Waals surface area contributed by atoms with Crippen molar-refractivity contribution in [3.63, 3.8) is 0 Å². The Morgan fingerprint density at radius 2 is 1.84 bits per heavy atom. The average molecular weight is 457 g/mol. The molecule has 32 heavy (non-hydrogen) atoms. The monoisotopic (exact) mass is 456 g/mol. The smallest absolute Gasteiger partial charge is 0.341 e. The van der Waals surface area contributed by atoms with Gasteiger partial charge in [0.05, 0.1) is 11.3 Å². The second-order valence-electron chi connectivity index (χ2n) is 7.42. The van der Waals surface area contributed by atoms with Crippen LogP contribution in [0.1, 0.15) is 36.7 Å². The summed E-state index contributed by atoms with van der Waals surface area (Å²) in [6.07, 6.45) is 0. The highest BCUT2D eigenvalue weighted by molar-refractivity contribution is 7.23. The van der Waals surface area contributed by atoms with Crippen LogP contribution in [-0.4, -0.2) is 43.7 Å². The molecule has 0 saturated heterocycles. The molecule has 7 nitrogen and oxygen atoms in total. The van der Waals surface area contributed by atoms with Gasteiger partial charge in [0.25, 0.3) is 0 Å². The Bertz CT molecular complexity index is 1090. The Labute approximate surface area is 193 Å². The Balaban J connectivity index is 2.14. The summed E-state index contributed by atoms with van der Waals surface area (Å²) in [7, 11) is 0. The molecule has 1 heterocycles. The fourth-order valence-corrected chi connectivity index (χ4v) is 4.80. The molecular formula is C24H32N4O3S. The standard InChI is InChI=1S/C24H32N4O3S/c1-4-28(5-2)9-10-31-21-18(16-11-15(14-25)12-17(26)13-16)7-8-19-20(24(29)30-6-3)23(27)32-22(19)21/h7-8,11-13H,4-6,9-10,14,25-27H2,1-3H3. The van der Waals surface area contributed by atoms with Crippen LogP contribution in [0.25, 0.3) is 21.2 Å². The quantitative estimate of drug-likeness (QED) is 0.311. The molecule has 0 atom stereocenters. The first-order valence-corrected chi connectivity index (χ1v) is 11.7. The molecule has 0 radical (unpaired) electrons. The molecule has 3 rings (SSSR count). The van der Waals surface area contributed by atoms with Gasteiger partial charge in [0.15, 0.2) is 0 Å². The molecule has 172 valence electrons. The van der Waals surface area contributed by atoms with Gasteiger partial charge >= 0.3 is 5.97 Å². The number of anilines is 2. The molecule has 8 heteroatoms. The minimum Gasteiger partial charge on any atom is -0.490 e. The van der Waals surface area contributed by atoms with Gasteiger partial charge in [-0.15, -0.1) is 11.3 Å². The van der Waals surface area contributed by atoms with Crippen molar-refractivity contribution in [1.82, 2.24) is 4.90 Å². The molecule has 0 saturated carbocycles. The van der Waals surface area contributed by atoms with Crippen molar-refractivity contribution in [3.05, 3.63) is 41.5 Å². The van der Waals surface area contributed by atoms with Gasteiger partial charge in [0, 0.05) is 29.7 Å². The summed E-state index contributed by atoms with van der Waals surface area (Å²) in [6.45, 7) is 9.90. The molecule has 0 spiro atoms. The second kappa shape index (κ2) is 10.7. The van der Waals surface area contributed by atoms with E-state index >= 15 is 0 Å². The summed E-state index contributed by atoms with van der Waals surface area (Å²) in [4.78, 5) is 14.8. The average Bonchev–Trinajstić information content (AvgIpc) is 3.12. The highest BCUT2D eigenvalue weighted by Gasteiger charge is 2.23. The van der Waals surface area contributed by atoms with E-state index in [0.717, 1.165) is 46.4 Å². The van der Waals surface area contributed by atoms with Crippen molar-refractivity contribution >= 4 is 38.1 Å². The Morgan fingerprint density at radius 3 is 2.50 bits per heavy atom. The van der Waals surface area contributed by atoms with E-state index in [2.05, 4.69) is 18.7 Å². The van der Waals surface area contributed by atoms with Crippen LogP contribution in [0.3, 0.4) is 0 Å². The third kappa shape index (κ3) is 4.98. The van der Waals surface area contributed by atoms with E-state index in [1.807, 2.05) is 30.3 Å². The van der Waals surface area contributed by atoms with Gasteiger partial charge in [-0.25, -0.2) is 4.79 Å². The highest BCUT2D eigenvalue weighted by Crippen LogP contribution is 2.45. The van der Waals surface area contributed by atoms with Gasteiger partial charge in [-0.2, -0.15) is 0 Å². The van der Waals surface area contributed by atoms with Crippen LogP contribution in [0.4, 0.5) is 10.7 Å². The van der Waals surface area contributed by atoms with Crippen molar-refractivity contribution in [2.75, 3.05) is 44.3 Å². The molecule has 0 bridgehead atoms. The maximum absolute atomic E-state index is 12.5. The normalized spacial score (nSPS) is 11.3. The van der Waals surface area contributed by atoms with Crippen LogP contribution in [0, 0.1) is 0 Å². The van der Waals surface area contributed by atoms with Crippen LogP contribution >= 0.6 is 11.3 Å². The van der Waals surface area contributed by atoms with Gasteiger partial charge in [0.2, 0.25) is 0 Å². The van der Waals surface area contributed by atoms with E-state index in [1.54, 1.807) is 6.92 Å². The lowest BCUT2D eigenvalue weighted by Crippen LogP contribution is -2.28. The van der Waals surface area contributed by atoms with Crippen molar-refractivity contribution in [1.29, 1.82) is 0 Å². The minimum absolute atomic E-state index is 0.284. The van der Waals surface area contributed by atoms with Gasteiger partial charge in [-0.1, -0.05) is 19.9 Å². The number of rotatable bonds is 10. The predicted molar refractivity (Wildman–Crippen MR) is 133 cm³/mol. The zero-order valence-electron chi connectivity index (χ0n) is 18.9. The van der Waals surface area contributed by atoms with Crippen LogP contribution in [-0.2, 0) is 11.3 Å². The Hall–Kier alpha value is -2.81. The van der Waals surface area contributed by atoms with Gasteiger partial charge in [-0.3, -0.25) is 0 Å². The number of ether oxygens (including phenoxy) is 2. The van der Waals surface area contributed by atoms with E-state index in [-0.39, 0.29) is 6.61 Å². The Kier molecular flexibility index (Phi) is 7.95. The number of carbonyl (C=O) groups excluding carboxylic acids is 1. The summed E-state index contributed by atoms with van der Waals surface area (Å²) in [5.41, 5.74) is 22.0. The number of likely N-dealkylation sites (N-methyl/N-ethyl adjacent to an activating group) is 1. The lowest BCUT2D eigenvalue weighted by atomic mass is 9.99. The summed E-state index contributed by atoms with van der Waals surface area (Å²) < 4.78 is 12.4. The van der Waals surface area contributed by atoms with Crippen LogP contribution in [0.2, 0.25) is 0 Å². The first-order chi connectivity index (χ1) is 15.4. The Morgan fingerprint density at radius 1 is 1.09 bits per heavy atom. The van der Waals surface area contributed by atoms with E-state index in [1.165, 1.54) is 11.3 Å². The van der Waals surface area contributed by atoms with Crippen molar-refractivity contribution in [2.45, 2.75) is 27.3 Å². The number of hydrogen-bond acceptors (Lipinski definition) is 8. The summed E-state index contributed by atoms with van der Waals surface area (Å²) in [5.74, 6) is 0.267. The number of nitrogen functional groups attached to an aromatic ring is 2. The molecule has 0 amide bonds. The second-order valence-corrected chi connectivity index (χ2v) is 8.48. The number of nitrogens with two attached hydrogens (primary N) is 3. The number of thiophene rings is 1. The topological polar surface area (TPSA) is 117 Å². The molecule has 0 aliphatic heterocycles. The van der Waals surface area contributed by atoms with Gasteiger partial charge in [0.1, 0.15) is 22.9 Å². The molecule has 0 aliphatic carbocycles. The van der Waals surface area contributed by atoms with Crippen molar-refractivity contribution < 1.29 is 14.3 Å². The third-order valence-electron chi connectivity index (χ3n) is 5.43. The van der Waals surface area contributed by atoms with Crippen molar-refractivity contribution in [3.8, 4) is 16.9 Å². The first kappa shape index (κ1) is 23.8. The molecule has 2 aromatic carbocycles. The molecule has 1 aromatic heterocycles.